The molecule has 122 valence electrons. The van der Waals surface area contributed by atoms with E-state index >= 15 is 0 Å². The number of hydrogen-bond acceptors (Lipinski definition) is 5. The molecular formula is C17H14FN3O2S. The molecule has 0 bridgehead atoms. The zero-order chi connectivity index (χ0) is 16.5. The van der Waals surface area contributed by atoms with Gasteiger partial charge in [-0.1, -0.05) is 23.4 Å². The van der Waals surface area contributed by atoms with E-state index in [4.69, 9.17) is 4.52 Å². The van der Waals surface area contributed by atoms with Crippen molar-refractivity contribution in [1.82, 2.24) is 15.0 Å². The van der Waals surface area contributed by atoms with Gasteiger partial charge in [0.15, 0.2) is 0 Å². The van der Waals surface area contributed by atoms with E-state index in [2.05, 4.69) is 10.1 Å². The number of amides is 1. The molecule has 7 heteroatoms. The number of carbonyl (C=O) groups excluding carboxylic acids is 1. The molecular weight excluding hydrogens is 329 g/mol. The zero-order valence-corrected chi connectivity index (χ0v) is 13.5. The molecule has 1 atom stereocenters. The zero-order valence-electron chi connectivity index (χ0n) is 12.7. The highest BCUT2D eigenvalue weighted by Gasteiger charge is 2.34. The van der Waals surface area contributed by atoms with Crippen LogP contribution in [0, 0.1) is 5.82 Å². The van der Waals surface area contributed by atoms with Crippen LogP contribution in [-0.4, -0.2) is 27.5 Å². The van der Waals surface area contributed by atoms with E-state index in [9.17, 15) is 9.18 Å². The van der Waals surface area contributed by atoms with E-state index in [1.807, 2.05) is 17.5 Å². The fraction of sp³-hybridized carbons (Fsp3) is 0.235. The van der Waals surface area contributed by atoms with E-state index in [0.29, 0.717) is 31.2 Å². The third kappa shape index (κ3) is 2.94. The van der Waals surface area contributed by atoms with Crippen LogP contribution < -0.4 is 0 Å². The lowest BCUT2D eigenvalue weighted by molar-refractivity contribution is -0.128. The number of aromatic nitrogens is 2. The van der Waals surface area contributed by atoms with Gasteiger partial charge in [0.05, 0.1) is 10.8 Å². The lowest BCUT2D eigenvalue weighted by Gasteiger charge is -2.15. The highest BCUT2D eigenvalue weighted by Crippen LogP contribution is 2.30. The summed E-state index contributed by atoms with van der Waals surface area (Å²) in [5, 5.41) is 5.95. The van der Waals surface area contributed by atoms with Gasteiger partial charge in [-0.2, -0.15) is 4.98 Å². The van der Waals surface area contributed by atoms with E-state index < -0.39 is 0 Å². The smallest absolute Gasteiger partial charge is 0.232 e. The van der Waals surface area contributed by atoms with Gasteiger partial charge in [0.1, 0.15) is 5.82 Å². The van der Waals surface area contributed by atoms with Crippen LogP contribution in [-0.2, 0) is 11.3 Å². The maximum absolute atomic E-state index is 13.0. The summed E-state index contributed by atoms with van der Waals surface area (Å²) in [5.74, 6) is 0.716. The van der Waals surface area contributed by atoms with E-state index in [1.54, 1.807) is 28.4 Å². The van der Waals surface area contributed by atoms with Crippen LogP contribution >= 0.6 is 11.3 Å². The molecule has 0 aliphatic carbocycles. The van der Waals surface area contributed by atoms with Gasteiger partial charge in [0, 0.05) is 19.5 Å². The Kier molecular flexibility index (Phi) is 3.86. The van der Waals surface area contributed by atoms with Gasteiger partial charge >= 0.3 is 0 Å². The van der Waals surface area contributed by atoms with Crippen molar-refractivity contribution >= 4 is 17.2 Å². The van der Waals surface area contributed by atoms with E-state index in [-0.39, 0.29) is 17.6 Å². The molecule has 1 aliphatic heterocycles. The topological polar surface area (TPSA) is 59.2 Å². The fourth-order valence-electron chi connectivity index (χ4n) is 2.81. The Morgan fingerprint density at radius 2 is 2.12 bits per heavy atom. The Balaban J connectivity index is 1.47. The molecule has 1 saturated heterocycles. The Morgan fingerprint density at radius 1 is 1.29 bits per heavy atom. The predicted octanol–water partition coefficient (Wildman–Crippen LogP) is 3.45. The molecule has 0 spiro atoms. The number of likely N-dealkylation sites (tertiary alicyclic amines) is 1. The molecule has 0 N–H and O–H groups in total. The predicted molar refractivity (Wildman–Crippen MR) is 86.8 cm³/mol. The van der Waals surface area contributed by atoms with Crippen molar-refractivity contribution in [3.05, 3.63) is 59.0 Å². The number of rotatable bonds is 4. The second kappa shape index (κ2) is 6.16. The number of hydrogen-bond donors (Lipinski definition) is 0. The van der Waals surface area contributed by atoms with Gasteiger partial charge in [-0.25, -0.2) is 4.39 Å². The van der Waals surface area contributed by atoms with Crippen molar-refractivity contribution in [2.24, 2.45) is 0 Å². The third-order valence-electron chi connectivity index (χ3n) is 4.03. The van der Waals surface area contributed by atoms with E-state index in [1.165, 1.54) is 12.1 Å². The summed E-state index contributed by atoms with van der Waals surface area (Å²) in [5.41, 5.74) is 0.898. The van der Waals surface area contributed by atoms with Crippen molar-refractivity contribution in [1.29, 1.82) is 0 Å². The van der Waals surface area contributed by atoms with Crippen LogP contribution in [0.2, 0.25) is 0 Å². The average Bonchev–Trinajstić information content (AvgIpc) is 3.30. The third-order valence-corrected chi connectivity index (χ3v) is 4.90. The summed E-state index contributed by atoms with van der Waals surface area (Å²) in [7, 11) is 0. The van der Waals surface area contributed by atoms with Crippen molar-refractivity contribution in [2.45, 2.75) is 18.9 Å². The van der Waals surface area contributed by atoms with Crippen molar-refractivity contribution in [3.8, 4) is 10.7 Å². The second-order valence-electron chi connectivity index (χ2n) is 5.74. The molecule has 3 heterocycles. The number of benzene rings is 1. The van der Waals surface area contributed by atoms with Gasteiger partial charge in [0.2, 0.25) is 17.6 Å². The van der Waals surface area contributed by atoms with Crippen LogP contribution in [0.3, 0.4) is 0 Å². The number of thiophene rings is 1. The van der Waals surface area contributed by atoms with Gasteiger partial charge in [-0.15, -0.1) is 11.3 Å². The Hall–Kier alpha value is -2.54. The number of halogens is 1. The molecule has 1 aromatic carbocycles. The lowest BCUT2D eigenvalue weighted by Crippen LogP contribution is -2.24. The van der Waals surface area contributed by atoms with Gasteiger partial charge < -0.3 is 9.42 Å². The Bertz CT molecular complexity index is 845. The van der Waals surface area contributed by atoms with Crippen molar-refractivity contribution in [2.75, 3.05) is 6.54 Å². The molecule has 0 radical (unpaired) electrons. The molecule has 1 amide bonds. The minimum atomic E-state index is -0.281. The summed E-state index contributed by atoms with van der Waals surface area (Å²) < 4.78 is 18.3. The van der Waals surface area contributed by atoms with Crippen LogP contribution in [0.15, 0.2) is 46.3 Å². The maximum Gasteiger partial charge on any atom is 0.232 e. The summed E-state index contributed by atoms with van der Waals surface area (Å²) in [6, 6.07) is 10.0. The minimum absolute atomic E-state index is 0.0419. The minimum Gasteiger partial charge on any atom is -0.339 e. The summed E-state index contributed by atoms with van der Waals surface area (Å²) in [4.78, 5) is 19.3. The average molecular weight is 343 g/mol. The summed E-state index contributed by atoms with van der Waals surface area (Å²) in [6.45, 7) is 0.990. The lowest BCUT2D eigenvalue weighted by atomic mass is 10.1. The first-order chi connectivity index (χ1) is 11.7. The fourth-order valence-corrected chi connectivity index (χ4v) is 3.46. The number of carbonyl (C=O) groups is 1. The van der Waals surface area contributed by atoms with Gasteiger partial charge in [-0.05, 0) is 29.1 Å². The monoisotopic (exact) mass is 343 g/mol. The molecule has 3 aromatic rings. The molecule has 5 nitrogen and oxygen atoms in total. The SMILES string of the molecule is O=C1CC(c2nc(-c3cccs3)no2)CN1Cc1ccc(F)cc1. The van der Waals surface area contributed by atoms with E-state index in [0.717, 1.165) is 10.4 Å². The molecule has 24 heavy (non-hydrogen) atoms. The normalized spacial score (nSPS) is 17.6. The molecule has 1 unspecified atom stereocenters. The van der Waals surface area contributed by atoms with Crippen LogP contribution in [0.4, 0.5) is 4.39 Å². The van der Waals surface area contributed by atoms with Gasteiger partial charge in [0.25, 0.3) is 0 Å². The largest absolute Gasteiger partial charge is 0.339 e. The quantitative estimate of drug-likeness (QED) is 0.728. The Labute approximate surface area is 141 Å². The van der Waals surface area contributed by atoms with Crippen molar-refractivity contribution < 1.29 is 13.7 Å². The van der Waals surface area contributed by atoms with Gasteiger partial charge in [-0.3, -0.25) is 4.79 Å². The maximum atomic E-state index is 13.0. The summed E-state index contributed by atoms with van der Waals surface area (Å²) >= 11 is 1.54. The number of nitrogens with zero attached hydrogens (tertiary/aromatic N) is 3. The van der Waals surface area contributed by atoms with Crippen LogP contribution in [0.1, 0.15) is 23.8 Å². The first-order valence-corrected chi connectivity index (χ1v) is 8.47. The first kappa shape index (κ1) is 15.0. The molecule has 1 aliphatic rings. The first-order valence-electron chi connectivity index (χ1n) is 7.59. The second-order valence-corrected chi connectivity index (χ2v) is 6.68. The van der Waals surface area contributed by atoms with Crippen LogP contribution in [0.25, 0.3) is 10.7 Å². The standard InChI is InChI=1S/C17H14FN3O2S/c18-13-5-3-11(4-6-13)9-21-10-12(8-15(21)22)17-19-16(20-23-17)14-2-1-7-24-14/h1-7,12H,8-10H2. The van der Waals surface area contributed by atoms with Crippen LogP contribution in [0.5, 0.6) is 0 Å². The highest BCUT2D eigenvalue weighted by atomic mass is 32.1. The Morgan fingerprint density at radius 3 is 2.88 bits per heavy atom. The van der Waals surface area contributed by atoms with Crippen molar-refractivity contribution in [3.63, 3.8) is 0 Å². The highest BCUT2D eigenvalue weighted by molar-refractivity contribution is 7.13. The molecule has 0 saturated carbocycles. The molecule has 2 aromatic heterocycles. The molecule has 1 fully saturated rings. The summed E-state index contributed by atoms with van der Waals surface area (Å²) in [6.07, 6.45) is 0.354. The molecule has 4 rings (SSSR count).